The van der Waals surface area contributed by atoms with Crippen LogP contribution in [0.3, 0.4) is 0 Å². The molecule has 0 radical (unpaired) electrons. The lowest BCUT2D eigenvalue weighted by atomic mass is 9.95. The van der Waals surface area contributed by atoms with Crippen molar-refractivity contribution in [2.24, 2.45) is 17.3 Å². The van der Waals surface area contributed by atoms with E-state index in [1.165, 1.54) is 0 Å². The number of Topliss-reactive ketones (excluding diaryl/α,β-unsaturated/α-hetero) is 1. The number of amides is 3. The predicted octanol–water partition coefficient (Wildman–Crippen LogP) is 1.43. The van der Waals surface area contributed by atoms with E-state index in [0.717, 1.165) is 11.8 Å². The second-order valence-electron chi connectivity index (χ2n) is 10.2. The zero-order valence-corrected chi connectivity index (χ0v) is 20.0. The third kappa shape index (κ3) is 7.55. The number of nitrogens with one attached hydrogen (secondary N) is 2. The maximum atomic E-state index is 13.2. The van der Waals surface area contributed by atoms with Crippen LogP contribution >= 0.6 is 0 Å². The van der Waals surface area contributed by atoms with Crippen LogP contribution in [0.2, 0.25) is 0 Å². The molecule has 2 heterocycles. The van der Waals surface area contributed by atoms with E-state index >= 15 is 0 Å². The van der Waals surface area contributed by atoms with E-state index in [2.05, 4.69) is 15.4 Å². The molecule has 37 heavy (non-hydrogen) atoms. The van der Waals surface area contributed by atoms with Gasteiger partial charge in [0, 0.05) is 19.0 Å². The Kier molecular flexibility index (Phi) is 8.47. The number of carbonyl (C=O) groups excluding carboxylic acids is 4. The lowest BCUT2D eigenvalue weighted by molar-refractivity contribution is -0.321. The minimum Gasteiger partial charge on any atom is -0.383 e. The Hall–Kier alpha value is -2.42. The van der Waals surface area contributed by atoms with Crippen LogP contribution in [0.15, 0.2) is 0 Å². The molecule has 3 N–H and O–H groups in total. The molecule has 3 aliphatic rings. The van der Waals surface area contributed by atoms with E-state index in [9.17, 15) is 50.6 Å². The summed E-state index contributed by atoms with van der Waals surface area (Å²) in [6, 6.07) is -2.78. The van der Waals surface area contributed by atoms with Gasteiger partial charge in [0.15, 0.2) is 5.78 Å². The van der Waals surface area contributed by atoms with Crippen molar-refractivity contribution in [3.8, 4) is 0 Å². The second kappa shape index (κ2) is 10.8. The van der Waals surface area contributed by atoms with Gasteiger partial charge in [0.1, 0.15) is 18.8 Å². The Morgan fingerprint density at radius 3 is 2.38 bits per heavy atom. The number of aliphatic hydroxyl groups excluding tert-OH is 1. The highest BCUT2D eigenvalue weighted by Gasteiger charge is 2.56. The number of carbonyl (C=O) groups is 4. The Labute approximate surface area is 208 Å². The quantitative estimate of drug-likeness (QED) is 0.357. The molecule has 3 rings (SSSR count). The lowest BCUT2D eigenvalue weighted by Crippen LogP contribution is -2.54. The molecular weight excluding hydrogens is 516 g/mol. The molecule has 0 aromatic carbocycles. The number of halogens is 6. The first kappa shape index (κ1) is 29.1. The molecule has 1 saturated carbocycles. The molecular formula is C22H29F6N3O6. The third-order valence-electron chi connectivity index (χ3n) is 7.24. The third-order valence-corrected chi connectivity index (χ3v) is 7.24. The van der Waals surface area contributed by atoms with Gasteiger partial charge in [-0.3, -0.25) is 23.9 Å². The normalized spacial score (nSPS) is 25.5. The van der Waals surface area contributed by atoms with E-state index in [1.54, 1.807) is 0 Å². The summed E-state index contributed by atoms with van der Waals surface area (Å²) >= 11 is 0. The van der Waals surface area contributed by atoms with Crippen LogP contribution in [-0.4, -0.2) is 83.9 Å². The summed E-state index contributed by atoms with van der Waals surface area (Å²) in [5.74, 6) is -6.27. The van der Waals surface area contributed by atoms with Gasteiger partial charge in [0.25, 0.3) is 5.91 Å². The van der Waals surface area contributed by atoms with Crippen LogP contribution in [0.4, 0.5) is 26.3 Å². The molecule has 0 bridgehead atoms. The Morgan fingerprint density at radius 2 is 1.86 bits per heavy atom. The molecule has 1 aliphatic carbocycles. The second-order valence-corrected chi connectivity index (χ2v) is 10.2. The van der Waals surface area contributed by atoms with Crippen LogP contribution in [0.25, 0.3) is 0 Å². The van der Waals surface area contributed by atoms with Crippen LogP contribution < -0.4 is 10.6 Å². The number of rotatable bonds is 10. The monoisotopic (exact) mass is 545 g/mol. The van der Waals surface area contributed by atoms with Crippen molar-refractivity contribution in [1.29, 1.82) is 0 Å². The summed E-state index contributed by atoms with van der Waals surface area (Å²) in [5.41, 5.74) is -0.447. The number of ether oxygens (including phenoxy) is 1. The fourth-order valence-corrected chi connectivity index (χ4v) is 4.77. The van der Waals surface area contributed by atoms with Crippen molar-refractivity contribution in [3.63, 3.8) is 0 Å². The van der Waals surface area contributed by atoms with Gasteiger partial charge >= 0.3 is 12.5 Å². The fraction of sp³-hybridized carbons (Fsp3) is 0.818. The summed E-state index contributed by atoms with van der Waals surface area (Å²) in [7, 11) is 0. The average Bonchev–Trinajstić information content (AvgIpc) is 3.24. The average molecular weight is 545 g/mol. The molecule has 2 aliphatic heterocycles. The molecule has 210 valence electrons. The molecule has 0 aromatic rings. The highest BCUT2D eigenvalue weighted by molar-refractivity contribution is 5.95. The van der Waals surface area contributed by atoms with Gasteiger partial charge in [-0.2, -0.15) is 13.2 Å². The predicted molar refractivity (Wildman–Crippen MR) is 112 cm³/mol. The first-order chi connectivity index (χ1) is 17.0. The maximum absolute atomic E-state index is 13.2. The highest BCUT2D eigenvalue weighted by atomic mass is 19.4. The largest absolute Gasteiger partial charge is 0.522 e. The van der Waals surface area contributed by atoms with Crippen molar-refractivity contribution in [3.05, 3.63) is 0 Å². The van der Waals surface area contributed by atoms with Gasteiger partial charge in [-0.05, 0) is 43.9 Å². The number of ketones is 1. The lowest BCUT2D eigenvalue weighted by Gasteiger charge is -2.29. The molecule has 0 aromatic heterocycles. The van der Waals surface area contributed by atoms with E-state index in [-0.39, 0.29) is 19.4 Å². The van der Waals surface area contributed by atoms with Crippen molar-refractivity contribution in [2.75, 3.05) is 19.7 Å². The maximum Gasteiger partial charge on any atom is 0.522 e. The van der Waals surface area contributed by atoms with Crippen LogP contribution in [0, 0.1) is 17.3 Å². The van der Waals surface area contributed by atoms with Gasteiger partial charge < -0.3 is 20.6 Å². The minimum absolute atomic E-state index is 0.0161. The first-order valence-corrected chi connectivity index (χ1v) is 11.9. The number of alkyl halides is 6. The van der Waals surface area contributed by atoms with Crippen molar-refractivity contribution < 1.29 is 55.4 Å². The van der Waals surface area contributed by atoms with E-state index in [1.807, 2.05) is 0 Å². The molecule has 2 saturated heterocycles. The molecule has 15 heteroatoms. The number of hydrogen-bond acceptors (Lipinski definition) is 6. The van der Waals surface area contributed by atoms with Crippen molar-refractivity contribution >= 4 is 23.5 Å². The van der Waals surface area contributed by atoms with Gasteiger partial charge in [-0.1, -0.05) is 6.92 Å². The number of hydrogen-bond donors (Lipinski definition) is 3. The van der Waals surface area contributed by atoms with Gasteiger partial charge in [-0.15, -0.1) is 13.2 Å². The SMILES string of the molecule is C[C@@H](C[C@@H](O)C(=O)N1CC2(CC2)C[C@H]1C(=O)NC(C[C@@H]1CCNC1=O)C(=O)COC(F)(F)F)C(F)(F)F. The molecule has 1 unspecified atom stereocenters. The van der Waals surface area contributed by atoms with Gasteiger partial charge in [-0.25, -0.2) is 0 Å². The van der Waals surface area contributed by atoms with Crippen LogP contribution in [-0.2, 0) is 23.9 Å². The van der Waals surface area contributed by atoms with Crippen molar-refractivity contribution in [1.82, 2.24) is 15.5 Å². The van der Waals surface area contributed by atoms with E-state index in [0.29, 0.717) is 25.8 Å². The van der Waals surface area contributed by atoms with Crippen LogP contribution in [0.5, 0.6) is 0 Å². The van der Waals surface area contributed by atoms with Crippen LogP contribution in [0.1, 0.15) is 45.4 Å². The highest BCUT2D eigenvalue weighted by Crippen LogP contribution is 2.55. The molecule has 3 amide bonds. The smallest absolute Gasteiger partial charge is 0.383 e. The first-order valence-electron chi connectivity index (χ1n) is 11.9. The van der Waals surface area contributed by atoms with Gasteiger partial charge in [0.2, 0.25) is 11.8 Å². The molecule has 3 fully saturated rings. The number of aliphatic hydroxyl groups is 1. The summed E-state index contributed by atoms with van der Waals surface area (Å²) in [6.07, 6.45) is -11.3. The summed E-state index contributed by atoms with van der Waals surface area (Å²) in [6.45, 7) is -0.291. The summed E-state index contributed by atoms with van der Waals surface area (Å²) in [4.78, 5) is 51.5. The van der Waals surface area contributed by atoms with E-state index < -0.39 is 84.5 Å². The van der Waals surface area contributed by atoms with E-state index in [4.69, 9.17) is 0 Å². The van der Waals surface area contributed by atoms with Gasteiger partial charge in [0.05, 0.1) is 12.0 Å². The molecule has 9 nitrogen and oxygen atoms in total. The number of nitrogens with zero attached hydrogens (tertiary/aromatic N) is 1. The van der Waals surface area contributed by atoms with Crippen molar-refractivity contribution in [2.45, 2.75) is 76.2 Å². The Bertz CT molecular complexity index is 906. The Balaban J connectivity index is 1.73. The fourth-order valence-electron chi connectivity index (χ4n) is 4.77. The molecule has 1 spiro atoms. The topological polar surface area (TPSA) is 125 Å². The standard InChI is InChI=1S/C22H29F6N3O6/c1-11(21(23,24)25)6-15(32)19(36)31-10-20(3-4-20)8-14(31)18(35)30-13(7-12-2-5-29-17(12)34)16(33)9-37-22(26,27)28/h11-15,32H,2-10H2,1H3,(H,29,34)(H,30,35)/t11-,12-,13?,14-,15+/m0/s1. The Morgan fingerprint density at radius 1 is 1.22 bits per heavy atom. The minimum atomic E-state index is -5.11. The summed E-state index contributed by atoms with van der Waals surface area (Å²) < 4.78 is 79.7. The zero-order chi connectivity index (χ0) is 27.8. The molecule has 5 atom stereocenters. The number of likely N-dealkylation sites (tertiary alicyclic amines) is 1. The zero-order valence-electron chi connectivity index (χ0n) is 20.0. The summed E-state index contributed by atoms with van der Waals surface area (Å²) in [5, 5.41) is 15.0.